The molecule has 1 atom stereocenters. The van der Waals surface area contributed by atoms with Crippen LogP contribution in [0.1, 0.15) is 18.5 Å². The average molecular weight is 275 g/mol. The number of nitrogens with zero attached hydrogens (tertiary/aromatic N) is 2. The molecule has 1 aromatic carbocycles. The zero-order chi connectivity index (χ0) is 14.4. The molecule has 0 saturated heterocycles. The Bertz CT molecular complexity index is 522. The van der Waals surface area contributed by atoms with E-state index in [1.54, 1.807) is 14.2 Å². The van der Waals surface area contributed by atoms with Crippen molar-refractivity contribution in [3.8, 4) is 5.75 Å². The minimum atomic E-state index is 0.209. The maximum absolute atomic E-state index is 5.16. The summed E-state index contributed by atoms with van der Waals surface area (Å²) in [6.45, 7) is 3.54. The first-order chi connectivity index (χ1) is 9.72. The Kier molecular flexibility index (Phi) is 5.01. The van der Waals surface area contributed by atoms with Gasteiger partial charge in [-0.05, 0) is 24.6 Å². The summed E-state index contributed by atoms with van der Waals surface area (Å²) >= 11 is 0. The van der Waals surface area contributed by atoms with E-state index < -0.39 is 0 Å². The number of ether oxygens (including phenoxy) is 2. The average Bonchev–Trinajstić information content (AvgIpc) is 2.92. The Balaban J connectivity index is 1.95. The fraction of sp³-hybridized carbons (Fsp3) is 0.400. The molecule has 0 radical (unpaired) electrons. The molecular formula is C15H21N3O2. The van der Waals surface area contributed by atoms with Crippen LogP contribution in [0.3, 0.4) is 0 Å². The quantitative estimate of drug-likeness (QED) is 0.844. The van der Waals surface area contributed by atoms with Crippen LogP contribution in [-0.4, -0.2) is 30.6 Å². The smallest absolute Gasteiger partial charge is 0.118 e. The zero-order valence-corrected chi connectivity index (χ0v) is 12.2. The van der Waals surface area contributed by atoms with Gasteiger partial charge < -0.3 is 14.8 Å². The molecule has 5 nitrogen and oxygen atoms in total. The van der Waals surface area contributed by atoms with Gasteiger partial charge >= 0.3 is 0 Å². The molecule has 0 aliphatic rings. The van der Waals surface area contributed by atoms with Crippen LogP contribution in [0.2, 0.25) is 0 Å². The third kappa shape index (κ3) is 3.74. The van der Waals surface area contributed by atoms with Crippen molar-refractivity contribution in [2.75, 3.05) is 26.1 Å². The first-order valence-corrected chi connectivity index (χ1v) is 6.65. The lowest BCUT2D eigenvalue weighted by Crippen LogP contribution is -2.06. The number of hydrogen-bond donors (Lipinski definition) is 1. The Hall–Kier alpha value is -2.01. The molecule has 2 rings (SSSR count). The van der Waals surface area contributed by atoms with E-state index in [4.69, 9.17) is 9.47 Å². The molecule has 5 heteroatoms. The van der Waals surface area contributed by atoms with Crippen LogP contribution >= 0.6 is 0 Å². The van der Waals surface area contributed by atoms with E-state index in [-0.39, 0.29) is 6.04 Å². The first kappa shape index (κ1) is 14.4. The summed E-state index contributed by atoms with van der Waals surface area (Å²) in [5, 5.41) is 7.71. The Labute approximate surface area is 119 Å². The molecule has 20 heavy (non-hydrogen) atoms. The van der Waals surface area contributed by atoms with Crippen molar-refractivity contribution in [3.63, 3.8) is 0 Å². The van der Waals surface area contributed by atoms with Gasteiger partial charge in [-0.3, -0.25) is 4.68 Å². The molecule has 1 heterocycles. The minimum Gasteiger partial charge on any atom is -0.497 e. The van der Waals surface area contributed by atoms with Crippen molar-refractivity contribution in [2.24, 2.45) is 0 Å². The number of nitrogens with one attached hydrogen (secondary N) is 1. The number of hydrogen-bond acceptors (Lipinski definition) is 4. The second kappa shape index (κ2) is 6.96. The van der Waals surface area contributed by atoms with E-state index in [2.05, 4.69) is 29.5 Å². The second-order valence-electron chi connectivity index (χ2n) is 4.62. The maximum atomic E-state index is 5.16. The highest BCUT2D eigenvalue weighted by Gasteiger charge is 2.07. The van der Waals surface area contributed by atoms with Gasteiger partial charge in [0.2, 0.25) is 0 Å². The predicted molar refractivity (Wildman–Crippen MR) is 79.1 cm³/mol. The van der Waals surface area contributed by atoms with Gasteiger partial charge in [0.25, 0.3) is 0 Å². The normalized spacial score (nSPS) is 12.2. The van der Waals surface area contributed by atoms with Gasteiger partial charge in [-0.1, -0.05) is 12.1 Å². The molecule has 0 spiro atoms. The first-order valence-electron chi connectivity index (χ1n) is 6.65. The lowest BCUT2D eigenvalue weighted by atomic mass is 10.1. The predicted octanol–water partition coefficient (Wildman–Crippen LogP) is 2.71. The third-order valence-corrected chi connectivity index (χ3v) is 3.16. The highest BCUT2D eigenvalue weighted by molar-refractivity contribution is 5.42. The van der Waals surface area contributed by atoms with E-state index in [9.17, 15) is 0 Å². The third-order valence-electron chi connectivity index (χ3n) is 3.16. The molecule has 0 aliphatic heterocycles. The number of rotatable bonds is 7. The minimum absolute atomic E-state index is 0.209. The van der Waals surface area contributed by atoms with Crippen LogP contribution in [-0.2, 0) is 11.3 Å². The standard InChI is InChI=1S/C15H21N3O2/c1-12(13-4-6-15(20-3)7-5-13)17-14-10-16-18(11-14)8-9-19-2/h4-7,10-12,17H,8-9H2,1-3H3. The van der Waals surface area contributed by atoms with Crippen LogP contribution in [0.25, 0.3) is 0 Å². The van der Waals surface area contributed by atoms with Crippen molar-refractivity contribution >= 4 is 5.69 Å². The molecule has 0 aliphatic carbocycles. The van der Waals surface area contributed by atoms with E-state index >= 15 is 0 Å². The number of benzene rings is 1. The molecule has 108 valence electrons. The van der Waals surface area contributed by atoms with Gasteiger partial charge in [-0.15, -0.1) is 0 Å². The van der Waals surface area contributed by atoms with Crippen molar-refractivity contribution in [1.29, 1.82) is 0 Å². The fourth-order valence-electron chi connectivity index (χ4n) is 1.97. The number of anilines is 1. The topological polar surface area (TPSA) is 48.3 Å². The summed E-state index contributed by atoms with van der Waals surface area (Å²) in [4.78, 5) is 0. The molecule has 0 amide bonds. The van der Waals surface area contributed by atoms with Crippen molar-refractivity contribution in [1.82, 2.24) is 9.78 Å². The van der Waals surface area contributed by atoms with E-state index in [1.165, 1.54) is 5.56 Å². The molecule has 1 N–H and O–H groups in total. The van der Waals surface area contributed by atoms with Crippen molar-refractivity contribution < 1.29 is 9.47 Å². The van der Waals surface area contributed by atoms with Gasteiger partial charge in [0, 0.05) is 19.3 Å². The highest BCUT2D eigenvalue weighted by atomic mass is 16.5. The van der Waals surface area contributed by atoms with Gasteiger partial charge in [0.05, 0.1) is 32.1 Å². The van der Waals surface area contributed by atoms with Crippen LogP contribution in [0.15, 0.2) is 36.7 Å². The van der Waals surface area contributed by atoms with Gasteiger partial charge in [0.15, 0.2) is 0 Å². The molecule has 0 bridgehead atoms. The monoisotopic (exact) mass is 275 g/mol. The zero-order valence-electron chi connectivity index (χ0n) is 12.2. The van der Waals surface area contributed by atoms with Crippen molar-refractivity contribution in [3.05, 3.63) is 42.2 Å². The summed E-state index contributed by atoms with van der Waals surface area (Å²) in [6.07, 6.45) is 3.81. The molecule has 0 saturated carbocycles. The fourth-order valence-corrected chi connectivity index (χ4v) is 1.97. The van der Waals surface area contributed by atoms with Crippen molar-refractivity contribution in [2.45, 2.75) is 19.5 Å². The lowest BCUT2D eigenvalue weighted by molar-refractivity contribution is 0.183. The number of methoxy groups -OCH3 is 2. The summed E-state index contributed by atoms with van der Waals surface area (Å²) in [5.41, 5.74) is 2.21. The van der Waals surface area contributed by atoms with Gasteiger partial charge in [0.1, 0.15) is 5.75 Å². The van der Waals surface area contributed by atoms with E-state index in [1.807, 2.05) is 29.2 Å². The Morgan fingerprint density at radius 2 is 2.00 bits per heavy atom. The van der Waals surface area contributed by atoms with Crippen LogP contribution < -0.4 is 10.1 Å². The van der Waals surface area contributed by atoms with Crippen LogP contribution in [0.5, 0.6) is 5.75 Å². The van der Waals surface area contributed by atoms with Crippen LogP contribution in [0, 0.1) is 0 Å². The molecule has 2 aromatic rings. The largest absolute Gasteiger partial charge is 0.497 e. The molecular weight excluding hydrogens is 254 g/mol. The van der Waals surface area contributed by atoms with Gasteiger partial charge in [-0.25, -0.2) is 0 Å². The molecule has 0 fully saturated rings. The molecule has 1 aromatic heterocycles. The van der Waals surface area contributed by atoms with E-state index in [0.29, 0.717) is 6.61 Å². The highest BCUT2D eigenvalue weighted by Crippen LogP contribution is 2.21. The second-order valence-corrected chi connectivity index (χ2v) is 4.62. The van der Waals surface area contributed by atoms with Crippen LogP contribution in [0.4, 0.5) is 5.69 Å². The maximum Gasteiger partial charge on any atom is 0.118 e. The SMILES string of the molecule is COCCn1cc(NC(C)c2ccc(OC)cc2)cn1. The Morgan fingerprint density at radius 1 is 1.25 bits per heavy atom. The summed E-state index contributed by atoms with van der Waals surface area (Å²) < 4.78 is 12.1. The summed E-state index contributed by atoms with van der Waals surface area (Å²) in [7, 11) is 3.36. The Morgan fingerprint density at radius 3 is 2.65 bits per heavy atom. The molecule has 1 unspecified atom stereocenters. The summed E-state index contributed by atoms with van der Waals surface area (Å²) in [6, 6.07) is 8.27. The summed E-state index contributed by atoms with van der Waals surface area (Å²) in [5.74, 6) is 0.869. The van der Waals surface area contributed by atoms with E-state index in [0.717, 1.165) is 18.0 Å². The van der Waals surface area contributed by atoms with Gasteiger partial charge in [-0.2, -0.15) is 5.10 Å². The number of aromatic nitrogens is 2. The lowest BCUT2D eigenvalue weighted by Gasteiger charge is -2.14.